The lowest BCUT2D eigenvalue weighted by Crippen LogP contribution is -2.48. The fourth-order valence-electron chi connectivity index (χ4n) is 4.32. The number of fused-ring (bicyclic) bond motifs is 3. The smallest absolute Gasteiger partial charge is 0.219 e. The van der Waals surface area contributed by atoms with Crippen LogP contribution in [0.5, 0.6) is 0 Å². The number of rotatable bonds is 5. The van der Waals surface area contributed by atoms with Gasteiger partial charge in [0.1, 0.15) is 16.3 Å². The Morgan fingerprint density at radius 1 is 1.23 bits per heavy atom. The molecule has 0 radical (unpaired) electrons. The maximum absolute atomic E-state index is 5.73. The second-order valence-corrected chi connectivity index (χ2v) is 7.52. The first-order chi connectivity index (χ1) is 12.6. The van der Waals surface area contributed by atoms with Crippen molar-refractivity contribution in [3.63, 3.8) is 0 Å². The summed E-state index contributed by atoms with van der Waals surface area (Å²) >= 11 is 1.63. The predicted molar refractivity (Wildman–Crippen MR) is 103 cm³/mol. The van der Waals surface area contributed by atoms with Crippen molar-refractivity contribution in [3.8, 4) is 0 Å². The number of aromatic nitrogens is 2. The summed E-state index contributed by atoms with van der Waals surface area (Å²) in [6.45, 7) is 4.25. The molecule has 0 saturated carbocycles. The number of allylic oxidation sites excluding steroid dienone is 3. The molecule has 2 aliphatic heterocycles. The molecule has 0 amide bonds. The van der Waals surface area contributed by atoms with Gasteiger partial charge in [-0.3, -0.25) is 9.47 Å². The Balaban J connectivity index is 1.99. The number of methoxy groups -OCH3 is 3. The number of imidazole rings is 1. The van der Waals surface area contributed by atoms with Gasteiger partial charge in [0.15, 0.2) is 5.88 Å². The zero-order chi connectivity index (χ0) is 18.5. The van der Waals surface area contributed by atoms with E-state index in [2.05, 4.69) is 35.5 Å². The Morgan fingerprint density at radius 3 is 2.73 bits per heavy atom. The first-order valence-corrected chi connectivity index (χ1v) is 9.46. The summed E-state index contributed by atoms with van der Waals surface area (Å²) in [5, 5.41) is 1.05. The quantitative estimate of drug-likeness (QED) is 0.579. The minimum absolute atomic E-state index is 0.345. The van der Waals surface area contributed by atoms with E-state index in [0.29, 0.717) is 5.94 Å². The number of ether oxygens (including phenoxy) is 3. The molecule has 3 heterocycles. The third-order valence-corrected chi connectivity index (χ3v) is 6.07. The molecule has 4 rings (SSSR count). The third-order valence-electron chi connectivity index (χ3n) is 5.13. The van der Waals surface area contributed by atoms with Crippen LogP contribution in [0, 0.1) is 0 Å². The molecule has 26 heavy (non-hydrogen) atoms. The predicted octanol–water partition coefficient (Wildman–Crippen LogP) is 3.75. The minimum atomic E-state index is -0.345. The number of thioether (sulfide) groups is 1. The van der Waals surface area contributed by atoms with E-state index in [-0.39, 0.29) is 5.54 Å². The van der Waals surface area contributed by atoms with Crippen LogP contribution >= 0.6 is 11.8 Å². The molecule has 0 fully saturated rings. The SMILES string of the molecule is COCSc1cnc2n1C1=C(C)C(OC)=C(C)CC13C=CC=C(OC)N23. The van der Waals surface area contributed by atoms with Gasteiger partial charge >= 0.3 is 0 Å². The minimum Gasteiger partial charge on any atom is -0.496 e. The van der Waals surface area contributed by atoms with E-state index in [1.165, 1.54) is 11.3 Å². The zero-order valence-electron chi connectivity index (χ0n) is 15.7. The van der Waals surface area contributed by atoms with E-state index in [4.69, 9.17) is 19.2 Å². The topological polar surface area (TPSA) is 48.8 Å². The summed E-state index contributed by atoms with van der Waals surface area (Å²) in [6, 6.07) is 0. The standard InChI is InChI=1S/C19H23N3O3S/c1-12-9-19-8-6-7-14(24-4)22(19)18-20-10-15(26-11-23-3)21(18)17(19)13(2)16(12)25-5/h6-8,10H,9,11H2,1-5H3. The summed E-state index contributed by atoms with van der Waals surface area (Å²) in [5.41, 5.74) is 3.17. The Morgan fingerprint density at radius 2 is 2.04 bits per heavy atom. The first kappa shape index (κ1) is 17.3. The lowest BCUT2D eigenvalue weighted by Gasteiger charge is -2.42. The van der Waals surface area contributed by atoms with E-state index in [0.717, 1.165) is 34.6 Å². The van der Waals surface area contributed by atoms with Gasteiger partial charge in [-0.15, -0.1) is 0 Å². The fraction of sp³-hybridized carbons (Fsp3) is 0.421. The molecule has 3 aliphatic rings. The van der Waals surface area contributed by atoms with Crippen LogP contribution in [0.15, 0.2) is 52.2 Å². The largest absolute Gasteiger partial charge is 0.496 e. The molecular formula is C19H23N3O3S. The Bertz CT molecular complexity index is 881. The van der Waals surface area contributed by atoms with Crippen LogP contribution in [-0.2, 0) is 14.2 Å². The van der Waals surface area contributed by atoms with Crippen LogP contribution in [0.1, 0.15) is 20.3 Å². The monoisotopic (exact) mass is 373 g/mol. The summed E-state index contributed by atoms with van der Waals surface area (Å²) in [7, 11) is 5.14. The van der Waals surface area contributed by atoms with Crippen LogP contribution in [0.4, 0.5) is 5.95 Å². The van der Waals surface area contributed by atoms with Gasteiger partial charge in [-0.1, -0.05) is 23.9 Å². The molecule has 138 valence electrons. The number of hydrogen-bond acceptors (Lipinski definition) is 6. The molecule has 1 unspecified atom stereocenters. The van der Waals surface area contributed by atoms with Crippen LogP contribution in [0.25, 0.3) is 5.70 Å². The molecular weight excluding hydrogens is 350 g/mol. The first-order valence-electron chi connectivity index (χ1n) is 8.48. The molecule has 1 aromatic rings. The molecule has 0 bridgehead atoms. The fourth-order valence-corrected chi connectivity index (χ4v) is 4.99. The van der Waals surface area contributed by atoms with Gasteiger partial charge in [0.05, 0.1) is 32.1 Å². The van der Waals surface area contributed by atoms with Gasteiger partial charge in [0.2, 0.25) is 5.95 Å². The van der Waals surface area contributed by atoms with Crippen molar-refractivity contribution in [2.45, 2.75) is 30.8 Å². The number of nitrogens with zero attached hydrogens (tertiary/aromatic N) is 3. The molecule has 6 nitrogen and oxygen atoms in total. The van der Waals surface area contributed by atoms with Crippen molar-refractivity contribution in [2.24, 2.45) is 0 Å². The second-order valence-electron chi connectivity index (χ2n) is 6.57. The maximum atomic E-state index is 5.73. The van der Waals surface area contributed by atoms with Crippen LogP contribution in [0.3, 0.4) is 0 Å². The van der Waals surface area contributed by atoms with Crippen molar-refractivity contribution >= 4 is 23.4 Å². The van der Waals surface area contributed by atoms with Gasteiger partial charge in [-0.05, 0) is 25.5 Å². The second kappa shape index (κ2) is 6.25. The van der Waals surface area contributed by atoms with Crippen molar-refractivity contribution in [1.29, 1.82) is 0 Å². The van der Waals surface area contributed by atoms with Gasteiger partial charge in [0, 0.05) is 19.1 Å². The van der Waals surface area contributed by atoms with Crippen molar-refractivity contribution in [3.05, 3.63) is 47.2 Å². The Hall–Kier alpha value is -2.12. The lowest BCUT2D eigenvalue weighted by molar-refractivity contribution is 0.258. The highest BCUT2D eigenvalue weighted by Crippen LogP contribution is 2.55. The van der Waals surface area contributed by atoms with Crippen LogP contribution in [0.2, 0.25) is 0 Å². The molecule has 1 aliphatic carbocycles. The summed E-state index contributed by atoms with van der Waals surface area (Å²) in [5.74, 6) is 3.18. The summed E-state index contributed by atoms with van der Waals surface area (Å²) in [6.07, 6.45) is 9.01. The van der Waals surface area contributed by atoms with E-state index in [1.54, 1.807) is 33.1 Å². The third kappa shape index (κ3) is 2.13. The average molecular weight is 373 g/mol. The Labute approximate surface area is 157 Å². The maximum Gasteiger partial charge on any atom is 0.219 e. The van der Waals surface area contributed by atoms with Crippen molar-refractivity contribution < 1.29 is 14.2 Å². The van der Waals surface area contributed by atoms with E-state index < -0.39 is 0 Å². The number of anilines is 1. The highest BCUT2D eigenvalue weighted by Gasteiger charge is 2.54. The molecule has 1 aromatic heterocycles. The molecule has 7 heteroatoms. The summed E-state index contributed by atoms with van der Waals surface area (Å²) < 4.78 is 18.9. The van der Waals surface area contributed by atoms with Crippen molar-refractivity contribution in [1.82, 2.24) is 9.55 Å². The zero-order valence-corrected chi connectivity index (χ0v) is 16.5. The highest BCUT2D eigenvalue weighted by molar-refractivity contribution is 7.99. The molecule has 0 aromatic carbocycles. The van der Waals surface area contributed by atoms with Gasteiger partial charge in [-0.2, -0.15) is 0 Å². The van der Waals surface area contributed by atoms with E-state index in [9.17, 15) is 0 Å². The Kier molecular flexibility index (Phi) is 4.16. The van der Waals surface area contributed by atoms with Gasteiger partial charge in [0.25, 0.3) is 0 Å². The molecule has 0 N–H and O–H groups in total. The molecule has 0 saturated heterocycles. The van der Waals surface area contributed by atoms with Crippen LogP contribution in [-0.4, -0.2) is 42.4 Å². The van der Waals surface area contributed by atoms with E-state index >= 15 is 0 Å². The summed E-state index contributed by atoms with van der Waals surface area (Å²) in [4.78, 5) is 6.92. The normalized spacial score (nSPS) is 23.7. The molecule has 1 atom stereocenters. The average Bonchev–Trinajstić information content (AvgIpc) is 3.15. The number of hydrogen-bond donors (Lipinski definition) is 0. The van der Waals surface area contributed by atoms with E-state index in [1.807, 2.05) is 12.3 Å². The molecule has 1 spiro atoms. The van der Waals surface area contributed by atoms with Gasteiger partial charge in [-0.25, -0.2) is 4.98 Å². The highest BCUT2D eigenvalue weighted by atomic mass is 32.2. The lowest BCUT2D eigenvalue weighted by atomic mass is 9.78. The van der Waals surface area contributed by atoms with Gasteiger partial charge < -0.3 is 14.2 Å². The van der Waals surface area contributed by atoms with Crippen LogP contribution < -0.4 is 4.90 Å². The van der Waals surface area contributed by atoms with Crippen molar-refractivity contribution in [2.75, 3.05) is 32.2 Å².